The van der Waals surface area contributed by atoms with E-state index in [2.05, 4.69) is 47.2 Å². The molecule has 0 saturated heterocycles. The Hall–Kier alpha value is -1.37. The van der Waals surface area contributed by atoms with Crippen LogP contribution in [-0.4, -0.2) is 31.6 Å². The molecule has 1 aliphatic rings. The van der Waals surface area contributed by atoms with Crippen molar-refractivity contribution in [3.8, 4) is 5.75 Å². The van der Waals surface area contributed by atoms with Crippen LogP contribution in [0.3, 0.4) is 0 Å². The van der Waals surface area contributed by atoms with Crippen LogP contribution in [0.4, 0.5) is 0 Å². The van der Waals surface area contributed by atoms with Crippen molar-refractivity contribution in [2.75, 3.05) is 12.4 Å². The fraction of sp³-hybridized carbons (Fsp3) is 0.478. The lowest BCUT2D eigenvalue weighted by molar-refractivity contribution is 0.261. The van der Waals surface area contributed by atoms with Gasteiger partial charge in [0.15, 0.2) is 9.84 Å². The Balaban J connectivity index is 2.30. The summed E-state index contributed by atoms with van der Waals surface area (Å²) in [4.78, 5) is 0.399. The Morgan fingerprint density at radius 2 is 1.86 bits per heavy atom. The maximum atomic E-state index is 13.9. The first-order valence-corrected chi connectivity index (χ1v) is 12.9. The van der Waals surface area contributed by atoms with Gasteiger partial charge in [-0.25, -0.2) is 8.42 Å². The van der Waals surface area contributed by atoms with Crippen molar-refractivity contribution in [3.63, 3.8) is 0 Å². The summed E-state index contributed by atoms with van der Waals surface area (Å²) >= 11 is 3.54. The third-order valence-electron chi connectivity index (χ3n) is 6.14. The minimum Gasteiger partial charge on any atom is -0.497 e. The monoisotopic (exact) mass is 479 g/mol. The molecule has 1 N–H and O–H groups in total. The van der Waals surface area contributed by atoms with Gasteiger partial charge in [-0.1, -0.05) is 73.0 Å². The number of nitrogens with one attached hydrogen (secondary N) is 1. The van der Waals surface area contributed by atoms with Crippen LogP contribution in [0.25, 0.3) is 0 Å². The lowest BCUT2D eigenvalue weighted by atomic mass is 9.84. The van der Waals surface area contributed by atoms with Gasteiger partial charge in [0, 0.05) is 10.9 Å². The van der Waals surface area contributed by atoms with Crippen molar-refractivity contribution in [3.05, 3.63) is 59.7 Å². The average Bonchev–Trinajstić information content (AvgIpc) is 2.83. The van der Waals surface area contributed by atoms with Crippen LogP contribution in [0.15, 0.2) is 53.4 Å². The maximum absolute atomic E-state index is 13.9. The van der Waals surface area contributed by atoms with E-state index in [0.717, 1.165) is 36.8 Å². The fourth-order valence-electron chi connectivity index (χ4n) is 4.42. The third kappa shape index (κ3) is 4.12. The lowest BCUT2D eigenvalue weighted by Crippen LogP contribution is -2.57. The van der Waals surface area contributed by atoms with Crippen molar-refractivity contribution in [2.24, 2.45) is 0 Å². The molecule has 3 rings (SSSR count). The van der Waals surface area contributed by atoms with Gasteiger partial charge in [-0.2, -0.15) is 0 Å². The average molecular weight is 480 g/mol. The van der Waals surface area contributed by atoms with Gasteiger partial charge in [-0.3, -0.25) is 5.32 Å². The Morgan fingerprint density at radius 1 is 1.14 bits per heavy atom. The number of fused-ring (bicyclic) bond motifs is 1. The summed E-state index contributed by atoms with van der Waals surface area (Å²) in [5, 5.41) is 3.68. The molecular weight excluding hydrogens is 450 g/mol. The SMILES string of the molecule is CCCCC1(CC)NC(c2ccccc2)c2cc(OC)ccc2S(=O)(=O)C1CBr. The van der Waals surface area contributed by atoms with Gasteiger partial charge >= 0.3 is 0 Å². The van der Waals surface area contributed by atoms with E-state index in [0.29, 0.717) is 16.0 Å². The van der Waals surface area contributed by atoms with Gasteiger partial charge in [0.2, 0.25) is 0 Å². The molecule has 0 fully saturated rings. The predicted molar refractivity (Wildman–Crippen MR) is 122 cm³/mol. The van der Waals surface area contributed by atoms with E-state index in [-0.39, 0.29) is 6.04 Å². The van der Waals surface area contributed by atoms with E-state index in [1.165, 1.54) is 0 Å². The molecule has 0 aromatic heterocycles. The number of benzene rings is 2. The highest BCUT2D eigenvalue weighted by Crippen LogP contribution is 2.43. The number of halogens is 1. The van der Waals surface area contributed by atoms with Gasteiger partial charge < -0.3 is 4.74 Å². The van der Waals surface area contributed by atoms with Gasteiger partial charge in [-0.15, -0.1) is 0 Å². The summed E-state index contributed by atoms with van der Waals surface area (Å²) in [7, 11) is -1.94. The molecule has 0 spiro atoms. The molecule has 0 amide bonds. The van der Waals surface area contributed by atoms with Crippen molar-refractivity contribution >= 4 is 25.8 Å². The Labute approximate surface area is 183 Å². The Morgan fingerprint density at radius 3 is 2.45 bits per heavy atom. The van der Waals surface area contributed by atoms with Gasteiger partial charge in [0.1, 0.15) is 5.75 Å². The molecular formula is C23H30BrNO3S. The summed E-state index contributed by atoms with van der Waals surface area (Å²) in [5.74, 6) is 0.662. The molecule has 1 heterocycles. The molecule has 3 atom stereocenters. The van der Waals surface area contributed by atoms with Crippen molar-refractivity contribution in [1.29, 1.82) is 0 Å². The number of methoxy groups -OCH3 is 1. The molecule has 2 aromatic rings. The molecule has 0 bridgehead atoms. The maximum Gasteiger partial charge on any atom is 0.184 e. The Bertz CT molecular complexity index is 932. The van der Waals surface area contributed by atoms with E-state index in [4.69, 9.17) is 4.74 Å². The van der Waals surface area contributed by atoms with Crippen molar-refractivity contribution in [2.45, 2.75) is 61.3 Å². The van der Waals surface area contributed by atoms with Crippen LogP contribution >= 0.6 is 15.9 Å². The second-order valence-corrected chi connectivity index (χ2v) is 10.4. The van der Waals surface area contributed by atoms with E-state index < -0.39 is 20.6 Å². The molecule has 0 saturated carbocycles. The van der Waals surface area contributed by atoms with Crippen LogP contribution in [-0.2, 0) is 9.84 Å². The Kier molecular flexibility index (Phi) is 7.07. The molecule has 29 heavy (non-hydrogen) atoms. The molecule has 2 aromatic carbocycles. The van der Waals surface area contributed by atoms with Gasteiger partial charge in [0.05, 0.1) is 23.3 Å². The first-order valence-electron chi connectivity index (χ1n) is 10.2. The second kappa shape index (κ2) is 9.19. The number of alkyl halides is 1. The highest BCUT2D eigenvalue weighted by molar-refractivity contribution is 9.09. The molecule has 0 radical (unpaired) electrons. The van der Waals surface area contributed by atoms with Crippen molar-refractivity contribution in [1.82, 2.24) is 5.32 Å². The van der Waals surface area contributed by atoms with E-state index in [9.17, 15) is 8.42 Å². The first-order chi connectivity index (χ1) is 13.9. The molecule has 3 unspecified atom stereocenters. The standard InChI is InChI=1S/C23H30BrNO3S/c1-4-6-14-23(5-2)21(16-24)29(26,27)20-13-12-18(28-3)15-19(20)22(25-23)17-10-8-7-9-11-17/h7-13,15,21-22,25H,4-6,14,16H2,1-3H3. The minimum absolute atomic E-state index is 0.225. The van der Waals surface area contributed by atoms with Crippen LogP contribution in [0.2, 0.25) is 0 Å². The van der Waals surface area contributed by atoms with Crippen LogP contribution in [0.5, 0.6) is 5.75 Å². The summed E-state index contributed by atoms with van der Waals surface area (Å²) in [5.41, 5.74) is 1.29. The smallest absolute Gasteiger partial charge is 0.184 e. The summed E-state index contributed by atoms with van der Waals surface area (Å²) in [6.45, 7) is 4.23. The minimum atomic E-state index is -3.55. The zero-order chi connectivity index (χ0) is 21.1. The topological polar surface area (TPSA) is 55.4 Å². The number of rotatable bonds is 7. The summed E-state index contributed by atoms with van der Waals surface area (Å²) in [6, 6.07) is 15.2. The number of unbranched alkanes of at least 4 members (excludes halogenated alkanes) is 1. The normalized spacial score (nSPS) is 25.8. The largest absolute Gasteiger partial charge is 0.497 e. The van der Waals surface area contributed by atoms with E-state index in [1.54, 1.807) is 19.2 Å². The number of hydrogen-bond donors (Lipinski definition) is 1. The molecule has 0 aliphatic carbocycles. The first kappa shape index (κ1) is 22.3. The number of hydrogen-bond acceptors (Lipinski definition) is 4. The highest BCUT2D eigenvalue weighted by Gasteiger charge is 2.49. The van der Waals surface area contributed by atoms with E-state index in [1.807, 2.05) is 24.3 Å². The molecule has 1 aliphatic heterocycles. The highest BCUT2D eigenvalue weighted by atomic mass is 79.9. The second-order valence-electron chi connectivity index (χ2n) is 7.69. The van der Waals surface area contributed by atoms with Gasteiger partial charge in [-0.05, 0) is 42.2 Å². The van der Waals surface area contributed by atoms with Gasteiger partial charge in [0.25, 0.3) is 0 Å². The zero-order valence-corrected chi connectivity index (χ0v) is 19.7. The molecule has 158 valence electrons. The summed E-state index contributed by atoms with van der Waals surface area (Å²) < 4.78 is 33.2. The lowest BCUT2D eigenvalue weighted by Gasteiger charge is -2.41. The molecule has 4 nitrogen and oxygen atoms in total. The van der Waals surface area contributed by atoms with E-state index >= 15 is 0 Å². The van der Waals surface area contributed by atoms with Crippen LogP contribution in [0.1, 0.15) is 56.7 Å². The quantitative estimate of drug-likeness (QED) is 0.549. The summed E-state index contributed by atoms with van der Waals surface area (Å²) in [6.07, 6.45) is 3.54. The van der Waals surface area contributed by atoms with Crippen LogP contribution in [0, 0.1) is 0 Å². The zero-order valence-electron chi connectivity index (χ0n) is 17.3. The van der Waals surface area contributed by atoms with Crippen molar-refractivity contribution < 1.29 is 13.2 Å². The predicted octanol–water partition coefficient (Wildman–Crippen LogP) is 5.26. The molecule has 6 heteroatoms. The van der Waals surface area contributed by atoms with Crippen LogP contribution < -0.4 is 10.1 Å². The third-order valence-corrected chi connectivity index (χ3v) is 9.57. The number of sulfone groups is 1. The fourth-order valence-corrected chi connectivity index (χ4v) is 8.26. The number of ether oxygens (including phenoxy) is 1.